The highest BCUT2D eigenvalue weighted by Gasteiger charge is 2.23. The average Bonchev–Trinajstić information content (AvgIpc) is 3.26. The van der Waals surface area contributed by atoms with Crippen molar-refractivity contribution in [2.75, 3.05) is 6.61 Å². The summed E-state index contributed by atoms with van der Waals surface area (Å²) in [6, 6.07) is 19.0. The van der Waals surface area contributed by atoms with Gasteiger partial charge in [-0.2, -0.15) is 0 Å². The van der Waals surface area contributed by atoms with Crippen molar-refractivity contribution in [3.63, 3.8) is 0 Å². The van der Waals surface area contributed by atoms with Gasteiger partial charge in [0.2, 0.25) is 5.78 Å². The molecule has 0 bridgehead atoms. The van der Waals surface area contributed by atoms with E-state index in [-0.39, 0.29) is 23.9 Å². The van der Waals surface area contributed by atoms with Gasteiger partial charge in [0.05, 0.1) is 5.56 Å². The molecule has 7 nitrogen and oxygen atoms in total. The highest BCUT2D eigenvalue weighted by Crippen LogP contribution is 2.33. The summed E-state index contributed by atoms with van der Waals surface area (Å²) < 4.78 is 8.01. The van der Waals surface area contributed by atoms with Crippen LogP contribution in [0.1, 0.15) is 66.3 Å². The summed E-state index contributed by atoms with van der Waals surface area (Å²) >= 11 is 0. The smallest absolute Gasteiger partial charge is 0.331 e. The third kappa shape index (κ3) is 5.12. The number of hydrogen-bond acceptors (Lipinski definition) is 6. The number of aryl methyl sites for hydroxylation is 1. The molecule has 1 aromatic heterocycles. The first kappa shape index (κ1) is 26.1. The molecule has 0 radical (unpaired) electrons. The molecule has 0 N–H and O–H groups in total. The normalized spacial score (nSPS) is 14.5. The van der Waals surface area contributed by atoms with Crippen molar-refractivity contribution in [1.29, 1.82) is 0 Å². The zero-order valence-electron chi connectivity index (χ0n) is 22.3. The van der Waals surface area contributed by atoms with Crippen molar-refractivity contribution in [2.24, 2.45) is 5.16 Å². The fourth-order valence-electron chi connectivity index (χ4n) is 5.01. The van der Waals surface area contributed by atoms with E-state index >= 15 is 0 Å². The first-order valence-corrected chi connectivity index (χ1v) is 13.2. The Labute approximate surface area is 226 Å². The summed E-state index contributed by atoms with van der Waals surface area (Å²) in [7, 11) is 0. The van der Waals surface area contributed by atoms with Gasteiger partial charge in [-0.05, 0) is 73.9 Å². The predicted octanol–water partition coefficient (Wildman–Crippen LogP) is 6.77. The summed E-state index contributed by atoms with van der Waals surface area (Å²) in [5.41, 5.74) is 4.78. The number of rotatable bonds is 8. The topological polar surface area (TPSA) is 87.0 Å². The molecule has 7 heteroatoms. The fourth-order valence-corrected chi connectivity index (χ4v) is 5.01. The van der Waals surface area contributed by atoms with Gasteiger partial charge >= 0.3 is 5.97 Å². The first-order chi connectivity index (χ1) is 18.9. The summed E-state index contributed by atoms with van der Waals surface area (Å²) in [5, 5.41) is 5.77. The Morgan fingerprint density at radius 1 is 1.03 bits per heavy atom. The molecule has 0 saturated heterocycles. The van der Waals surface area contributed by atoms with Gasteiger partial charge < -0.3 is 14.1 Å². The first-order valence-electron chi connectivity index (χ1n) is 13.2. The molecule has 0 atom stereocenters. The van der Waals surface area contributed by atoms with Crippen molar-refractivity contribution in [1.82, 2.24) is 4.57 Å². The van der Waals surface area contributed by atoms with Gasteiger partial charge in [0.25, 0.3) is 0 Å². The summed E-state index contributed by atoms with van der Waals surface area (Å²) in [6.07, 6.45) is 3.94. The van der Waals surface area contributed by atoms with Gasteiger partial charge in [-0.1, -0.05) is 36.7 Å². The Bertz CT molecular complexity index is 1670. The molecule has 0 spiro atoms. The van der Waals surface area contributed by atoms with Gasteiger partial charge in [0, 0.05) is 46.4 Å². The third-order valence-electron chi connectivity index (χ3n) is 6.93. The zero-order chi connectivity index (χ0) is 27.5. The number of unbranched alkanes of at least 4 members (excludes halogenated alkanes) is 1. The highest BCUT2D eigenvalue weighted by molar-refractivity contribution is 6.46. The van der Waals surface area contributed by atoms with Crippen molar-refractivity contribution < 1.29 is 24.0 Å². The van der Waals surface area contributed by atoms with Crippen LogP contribution in [0.3, 0.4) is 0 Å². The number of ketones is 2. The number of ether oxygens (including phenoxy) is 1. The second-order valence-electron chi connectivity index (χ2n) is 9.59. The number of benzene rings is 3. The van der Waals surface area contributed by atoms with E-state index in [1.807, 2.05) is 55.5 Å². The summed E-state index contributed by atoms with van der Waals surface area (Å²) in [4.78, 5) is 42.6. The quantitative estimate of drug-likeness (QED) is 0.0838. The summed E-state index contributed by atoms with van der Waals surface area (Å²) in [6.45, 7) is 6.34. The molecule has 0 fully saturated rings. The number of aromatic nitrogens is 1. The molecule has 4 aromatic rings. The predicted molar refractivity (Wildman–Crippen MR) is 152 cm³/mol. The maximum absolute atomic E-state index is 13.4. The average molecular weight is 523 g/mol. The van der Waals surface area contributed by atoms with Crippen LogP contribution in [0.2, 0.25) is 0 Å². The Morgan fingerprint density at radius 3 is 2.51 bits per heavy atom. The Balaban J connectivity index is 1.57. The van der Waals surface area contributed by atoms with Crippen molar-refractivity contribution in [2.45, 2.75) is 46.6 Å². The number of para-hydroxylation sites is 1. The molecule has 1 aliphatic heterocycles. The molecule has 3 aromatic carbocycles. The minimum Gasteiger partial charge on any atom is -0.488 e. The van der Waals surface area contributed by atoms with E-state index in [1.165, 1.54) is 6.92 Å². The largest absolute Gasteiger partial charge is 0.488 e. The Hall–Kier alpha value is -4.52. The van der Waals surface area contributed by atoms with E-state index < -0.39 is 5.97 Å². The molecule has 0 unspecified atom stereocenters. The van der Waals surface area contributed by atoms with Gasteiger partial charge in [-0.15, -0.1) is 0 Å². The molecule has 0 saturated carbocycles. The maximum Gasteiger partial charge on any atom is 0.331 e. The van der Waals surface area contributed by atoms with E-state index in [9.17, 15) is 14.4 Å². The lowest BCUT2D eigenvalue weighted by molar-refractivity contribution is -0.140. The van der Waals surface area contributed by atoms with Crippen LogP contribution in [0.25, 0.3) is 27.9 Å². The zero-order valence-corrected chi connectivity index (χ0v) is 22.3. The van der Waals surface area contributed by atoms with Crippen LogP contribution in [-0.4, -0.2) is 34.4 Å². The molecule has 2 heterocycles. The molecule has 198 valence electrons. The summed E-state index contributed by atoms with van der Waals surface area (Å²) in [5.74, 6) is -0.252. The van der Waals surface area contributed by atoms with Crippen LogP contribution in [0.5, 0.6) is 5.75 Å². The van der Waals surface area contributed by atoms with E-state index in [0.717, 1.165) is 46.8 Å². The van der Waals surface area contributed by atoms with Crippen LogP contribution < -0.4 is 4.74 Å². The number of nitrogens with zero attached hydrogens (tertiary/aromatic N) is 2. The molecule has 5 rings (SSSR count). The monoisotopic (exact) mass is 522 g/mol. The molecular formula is C32H30N2O5. The van der Waals surface area contributed by atoms with Crippen LogP contribution in [0.15, 0.2) is 71.4 Å². The van der Waals surface area contributed by atoms with Crippen molar-refractivity contribution >= 4 is 51.1 Å². The van der Waals surface area contributed by atoms with Crippen molar-refractivity contribution in [3.05, 3.63) is 82.9 Å². The van der Waals surface area contributed by atoms with Gasteiger partial charge in [-0.25, -0.2) is 4.79 Å². The van der Waals surface area contributed by atoms with E-state index in [1.54, 1.807) is 18.2 Å². The second kappa shape index (κ2) is 11.1. The Kier molecular flexibility index (Phi) is 7.41. The Morgan fingerprint density at radius 2 is 1.77 bits per heavy atom. The van der Waals surface area contributed by atoms with Crippen LogP contribution in [0.4, 0.5) is 0 Å². The number of oxime groups is 1. The number of carbonyl (C=O) groups excluding carboxylic acids is 3. The van der Waals surface area contributed by atoms with Crippen LogP contribution >= 0.6 is 0 Å². The SMILES string of the molecule is CCCC/C(=N\OC(C)=O)C(=O)c1ccc2c(c1)c1cc(/C=C3\COc4ccccc4C3=O)ccc1n2CC. The second-order valence-corrected chi connectivity index (χ2v) is 9.59. The van der Waals surface area contributed by atoms with E-state index in [2.05, 4.69) is 16.6 Å². The van der Waals surface area contributed by atoms with E-state index in [4.69, 9.17) is 9.57 Å². The van der Waals surface area contributed by atoms with Gasteiger partial charge in [0.15, 0.2) is 5.78 Å². The van der Waals surface area contributed by atoms with E-state index in [0.29, 0.717) is 28.9 Å². The van der Waals surface area contributed by atoms with Crippen LogP contribution in [0, 0.1) is 0 Å². The van der Waals surface area contributed by atoms with Crippen LogP contribution in [-0.2, 0) is 16.2 Å². The molecule has 39 heavy (non-hydrogen) atoms. The maximum atomic E-state index is 13.4. The third-order valence-corrected chi connectivity index (χ3v) is 6.93. The molecule has 0 amide bonds. The van der Waals surface area contributed by atoms with Gasteiger partial charge in [0.1, 0.15) is 18.1 Å². The number of Topliss-reactive ketones (excluding diaryl/α,β-unsaturated/α-hetero) is 2. The van der Waals surface area contributed by atoms with Gasteiger partial charge in [-0.3, -0.25) is 9.59 Å². The highest BCUT2D eigenvalue weighted by atomic mass is 16.7. The van der Waals surface area contributed by atoms with Crippen molar-refractivity contribution in [3.8, 4) is 5.75 Å². The lowest BCUT2D eigenvalue weighted by Crippen LogP contribution is -2.18. The fraction of sp³-hybridized carbons (Fsp3) is 0.250. The lowest BCUT2D eigenvalue weighted by Gasteiger charge is -2.18. The molecular weight excluding hydrogens is 492 g/mol. The number of fused-ring (bicyclic) bond motifs is 4. The standard InChI is InChI=1S/C32H30N2O5/c1-4-6-10-27(33-39-20(3)35)32(37)22-13-15-29-26(18-22)25-17-21(12-14-28(25)34(29)5-2)16-23-19-38-30-11-8-7-9-24(30)31(23)36/h7-9,11-18H,4-6,10,19H2,1-3H3/b23-16+,33-27+. The number of hydrogen-bond donors (Lipinski definition) is 0. The minimum absolute atomic E-state index is 0.0347. The molecule has 1 aliphatic rings. The number of carbonyl (C=O) groups is 3. The lowest BCUT2D eigenvalue weighted by atomic mass is 9.97. The minimum atomic E-state index is -0.565. The molecule has 0 aliphatic carbocycles.